The van der Waals surface area contributed by atoms with Crippen LogP contribution in [0.2, 0.25) is 0 Å². The van der Waals surface area contributed by atoms with Crippen LogP contribution in [0.1, 0.15) is 17.4 Å². The number of amidine groups is 1. The minimum Gasteiger partial charge on any atom is -0.409 e. The molecule has 0 aliphatic heterocycles. The van der Waals surface area contributed by atoms with Crippen molar-refractivity contribution in [2.45, 2.75) is 6.92 Å². The van der Waals surface area contributed by atoms with Crippen LogP contribution in [0.25, 0.3) is 22.1 Å². The summed E-state index contributed by atoms with van der Waals surface area (Å²) < 4.78 is 0. The fourth-order valence-corrected chi connectivity index (χ4v) is 2.19. The molecule has 28 heavy (non-hydrogen) atoms. The van der Waals surface area contributed by atoms with E-state index in [2.05, 4.69) is 30.4 Å². The van der Waals surface area contributed by atoms with Crippen LogP contribution in [0.15, 0.2) is 60.1 Å². The molecule has 4 aromatic rings. The Balaban J connectivity index is 0.000000196. The predicted molar refractivity (Wildman–Crippen MR) is 99.6 cm³/mol. The summed E-state index contributed by atoms with van der Waals surface area (Å²) in [4.78, 5) is 42.0. The summed E-state index contributed by atoms with van der Waals surface area (Å²) in [5.74, 6) is -0.287. The van der Waals surface area contributed by atoms with Crippen molar-refractivity contribution in [2.24, 2.45) is 5.16 Å². The Kier molecular flexibility index (Phi) is 7.15. The Bertz CT molecular complexity index is 1090. The van der Waals surface area contributed by atoms with Crippen LogP contribution in [0, 0.1) is 0 Å². The van der Waals surface area contributed by atoms with Gasteiger partial charge in [-0.1, -0.05) is 5.16 Å². The Hall–Kier alpha value is -4.30. The maximum absolute atomic E-state index is 11.6. The molecule has 0 aliphatic carbocycles. The van der Waals surface area contributed by atoms with Gasteiger partial charge in [0.1, 0.15) is 22.8 Å². The van der Waals surface area contributed by atoms with Crippen molar-refractivity contribution in [3.8, 4) is 0 Å². The molecule has 0 atom stereocenters. The molecule has 0 saturated carbocycles. The number of rotatable bonds is 1. The first kappa shape index (κ1) is 20.0. The highest BCUT2D eigenvalue weighted by atomic mass is 16.4. The van der Waals surface area contributed by atoms with Crippen molar-refractivity contribution in [3.63, 3.8) is 0 Å². The lowest BCUT2D eigenvalue weighted by Crippen LogP contribution is -2.28. The maximum atomic E-state index is 11.6. The molecule has 10 heteroatoms. The van der Waals surface area contributed by atoms with E-state index in [1.807, 2.05) is 30.5 Å². The van der Waals surface area contributed by atoms with Gasteiger partial charge in [0.05, 0.1) is 0 Å². The molecule has 0 spiro atoms. The minimum atomic E-state index is -0.410. The van der Waals surface area contributed by atoms with E-state index < -0.39 is 5.91 Å². The number of carbonyl (C=O) groups excluding carboxylic acids is 3. The van der Waals surface area contributed by atoms with Gasteiger partial charge in [0.15, 0.2) is 0 Å². The van der Waals surface area contributed by atoms with E-state index in [-0.39, 0.29) is 17.7 Å². The summed E-state index contributed by atoms with van der Waals surface area (Å²) in [6.07, 6.45) is 5.66. The molecular formula is C18H16N6O4. The number of carbonyl (C=O) groups is 1. The normalized spacial score (nSPS) is 10.2. The minimum absolute atomic E-state index is 0.124. The standard InChI is InChI=1S/C10H10N4O2.C7H6N2.CO2/c1-6(14-16)12-10(15)8-3-2-7-4-5-11-9(7)13-8;1-2-6-3-5-9-7(6)8-4-1;2-1-3/h2-5,16H,1H3,(H,11,13)(H,12,14,15);1-5H,(H,8,9);. The number of nitrogens with zero attached hydrogens (tertiary/aromatic N) is 3. The zero-order valence-electron chi connectivity index (χ0n) is 14.7. The summed E-state index contributed by atoms with van der Waals surface area (Å²) in [6, 6.07) is 11.2. The van der Waals surface area contributed by atoms with Crippen molar-refractivity contribution in [1.29, 1.82) is 0 Å². The van der Waals surface area contributed by atoms with Crippen molar-refractivity contribution >= 4 is 40.0 Å². The highest BCUT2D eigenvalue weighted by molar-refractivity contribution is 6.05. The van der Waals surface area contributed by atoms with Gasteiger partial charge >= 0.3 is 6.15 Å². The van der Waals surface area contributed by atoms with Crippen LogP contribution >= 0.6 is 0 Å². The smallest absolute Gasteiger partial charge is 0.373 e. The summed E-state index contributed by atoms with van der Waals surface area (Å²) in [5.41, 5.74) is 1.86. The van der Waals surface area contributed by atoms with Crippen molar-refractivity contribution in [1.82, 2.24) is 25.3 Å². The van der Waals surface area contributed by atoms with Gasteiger partial charge in [-0.3, -0.25) is 4.79 Å². The van der Waals surface area contributed by atoms with Gasteiger partial charge in [-0.25, -0.2) is 9.97 Å². The second kappa shape index (κ2) is 10.00. The number of aromatic nitrogens is 4. The lowest BCUT2D eigenvalue weighted by Gasteiger charge is -2.01. The molecule has 1 amide bonds. The molecule has 4 aromatic heterocycles. The molecule has 142 valence electrons. The summed E-state index contributed by atoms with van der Waals surface area (Å²) in [5, 5.41) is 15.8. The maximum Gasteiger partial charge on any atom is 0.373 e. The number of pyridine rings is 2. The fourth-order valence-electron chi connectivity index (χ4n) is 2.19. The summed E-state index contributed by atoms with van der Waals surface area (Å²) >= 11 is 0. The van der Waals surface area contributed by atoms with Gasteiger partial charge in [0.2, 0.25) is 0 Å². The van der Waals surface area contributed by atoms with E-state index in [4.69, 9.17) is 14.8 Å². The molecule has 0 fully saturated rings. The van der Waals surface area contributed by atoms with E-state index in [0.717, 1.165) is 16.4 Å². The monoisotopic (exact) mass is 380 g/mol. The zero-order valence-corrected chi connectivity index (χ0v) is 14.7. The molecule has 0 aliphatic rings. The fraction of sp³-hybridized carbons (Fsp3) is 0.0556. The third kappa shape index (κ3) is 5.35. The second-order valence-electron chi connectivity index (χ2n) is 5.25. The highest BCUT2D eigenvalue weighted by Gasteiger charge is 2.09. The summed E-state index contributed by atoms with van der Waals surface area (Å²) in [6.45, 7) is 1.48. The van der Waals surface area contributed by atoms with Crippen LogP contribution < -0.4 is 5.32 Å². The first-order valence-corrected chi connectivity index (χ1v) is 7.90. The van der Waals surface area contributed by atoms with Crippen molar-refractivity contribution < 1.29 is 19.6 Å². The van der Waals surface area contributed by atoms with Gasteiger partial charge in [0.25, 0.3) is 5.91 Å². The Labute approximate surface area is 158 Å². The topological polar surface area (TPSA) is 153 Å². The molecule has 0 saturated heterocycles. The van der Waals surface area contributed by atoms with E-state index in [1.54, 1.807) is 24.5 Å². The number of H-pyrrole nitrogens is 2. The first-order chi connectivity index (χ1) is 13.6. The predicted octanol–water partition coefficient (Wildman–Crippen LogP) is 2.08. The first-order valence-electron chi connectivity index (χ1n) is 7.90. The van der Waals surface area contributed by atoms with Crippen molar-refractivity contribution in [2.75, 3.05) is 0 Å². The molecular weight excluding hydrogens is 364 g/mol. The van der Waals surface area contributed by atoms with Crippen LogP contribution in [0.5, 0.6) is 0 Å². The molecule has 0 radical (unpaired) electrons. The van der Waals surface area contributed by atoms with Gasteiger partial charge < -0.3 is 20.5 Å². The van der Waals surface area contributed by atoms with E-state index in [1.165, 1.54) is 6.92 Å². The van der Waals surface area contributed by atoms with Gasteiger partial charge in [-0.05, 0) is 43.3 Å². The van der Waals surface area contributed by atoms with Crippen LogP contribution in [-0.4, -0.2) is 43.0 Å². The average molecular weight is 380 g/mol. The van der Waals surface area contributed by atoms with E-state index >= 15 is 0 Å². The lowest BCUT2D eigenvalue weighted by molar-refractivity contribution is -0.191. The molecule has 4 rings (SSSR count). The highest BCUT2D eigenvalue weighted by Crippen LogP contribution is 2.10. The third-order valence-electron chi connectivity index (χ3n) is 3.41. The molecule has 4 heterocycles. The molecule has 0 unspecified atom stereocenters. The Morgan fingerprint density at radius 2 is 1.71 bits per heavy atom. The number of hydrogen-bond acceptors (Lipinski definition) is 7. The lowest BCUT2D eigenvalue weighted by atomic mass is 10.3. The van der Waals surface area contributed by atoms with Crippen molar-refractivity contribution in [3.05, 3.63) is 60.7 Å². The third-order valence-corrected chi connectivity index (χ3v) is 3.41. The Morgan fingerprint density at radius 3 is 2.36 bits per heavy atom. The largest absolute Gasteiger partial charge is 0.409 e. The number of nitrogens with one attached hydrogen (secondary N) is 3. The number of aromatic amines is 2. The molecule has 4 N–H and O–H groups in total. The molecule has 10 nitrogen and oxygen atoms in total. The van der Waals surface area contributed by atoms with Crippen LogP contribution in [0.3, 0.4) is 0 Å². The summed E-state index contributed by atoms with van der Waals surface area (Å²) in [7, 11) is 0. The number of oxime groups is 1. The second-order valence-corrected chi connectivity index (χ2v) is 5.25. The quantitative estimate of drug-likeness (QED) is 0.172. The number of amides is 1. The van der Waals surface area contributed by atoms with Gasteiger partial charge in [-0.15, -0.1) is 0 Å². The zero-order chi connectivity index (χ0) is 20.4. The van der Waals surface area contributed by atoms with Gasteiger partial charge in [-0.2, -0.15) is 9.59 Å². The van der Waals surface area contributed by atoms with Crippen LogP contribution in [-0.2, 0) is 9.59 Å². The average Bonchev–Trinajstić information content (AvgIpc) is 3.37. The number of hydrogen-bond donors (Lipinski definition) is 4. The van der Waals surface area contributed by atoms with E-state index in [0.29, 0.717) is 5.65 Å². The number of fused-ring (bicyclic) bond motifs is 2. The van der Waals surface area contributed by atoms with Crippen LogP contribution in [0.4, 0.5) is 0 Å². The Morgan fingerprint density at radius 1 is 1.07 bits per heavy atom. The SMILES string of the molecule is C/C(=N\O)NC(=O)c1ccc2cc[nH]c2n1.O=C=O.c1cnc2[nH]ccc2c1. The molecule has 0 bridgehead atoms. The van der Waals surface area contributed by atoms with Gasteiger partial charge in [0, 0.05) is 29.4 Å². The molecule has 0 aromatic carbocycles. The van der Waals surface area contributed by atoms with E-state index in [9.17, 15) is 4.79 Å².